The second-order valence-corrected chi connectivity index (χ2v) is 6.92. The summed E-state index contributed by atoms with van der Waals surface area (Å²) >= 11 is 0. The predicted octanol–water partition coefficient (Wildman–Crippen LogP) is 4.29. The van der Waals surface area contributed by atoms with Crippen LogP contribution in [0.3, 0.4) is 0 Å². The van der Waals surface area contributed by atoms with E-state index in [-0.39, 0.29) is 17.0 Å². The summed E-state index contributed by atoms with van der Waals surface area (Å²) in [5.41, 5.74) is 1.22. The van der Waals surface area contributed by atoms with Crippen LogP contribution in [0.15, 0.2) is 72.6 Å². The zero-order valence-corrected chi connectivity index (χ0v) is 15.8. The van der Waals surface area contributed by atoms with Crippen molar-refractivity contribution in [2.45, 2.75) is 13.0 Å². The van der Waals surface area contributed by atoms with Gasteiger partial charge in [-0.05, 0) is 30.7 Å². The van der Waals surface area contributed by atoms with Crippen LogP contribution in [0.2, 0.25) is 0 Å². The first-order chi connectivity index (χ1) is 14.4. The summed E-state index contributed by atoms with van der Waals surface area (Å²) in [6, 6.07) is 11.6. The van der Waals surface area contributed by atoms with Crippen molar-refractivity contribution in [3.05, 3.63) is 101 Å². The molecule has 3 aromatic rings. The first-order valence-corrected chi connectivity index (χ1v) is 9.11. The summed E-state index contributed by atoms with van der Waals surface area (Å²) in [7, 11) is 0. The molecule has 0 spiro atoms. The maximum absolute atomic E-state index is 14.5. The topological polar surface area (TPSA) is 70.5 Å². The van der Waals surface area contributed by atoms with E-state index in [0.29, 0.717) is 17.2 Å². The Morgan fingerprint density at radius 3 is 2.43 bits per heavy atom. The third kappa shape index (κ3) is 3.24. The number of amides is 1. The zero-order chi connectivity index (χ0) is 21.4. The smallest absolute Gasteiger partial charge is 0.300 e. The van der Waals surface area contributed by atoms with Crippen molar-refractivity contribution in [1.29, 1.82) is 0 Å². The fourth-order valence-electron chi connectivity index (χ4n) is 3.48. The Morgan fingerprint density at radius 1 is 1.07 bits per heavy atom. The molecular weight excluding hydrogens is 390 g/mol. The first-order valence-electron chi connectivity index (χ1n) is 9.11. The molecule has 1 aliphatic heterocycles. The van der Waals surface area contributed by atoms with Crippen LogP contribution in [0.4, 0.5) is 14.5 Å². The molecular formula is C23H16F2N2O3. The molecule has 5 nitrogen and oxygen atoms in total. The summed E-state index contributed by atoms with van der Waals surface area (Å²) in [5.74, 6) is -4.19. The van der Waals surface area contributed by atoms with Gasteiger partial charge in [0.15, 0.2) is 0 Å². The van der Waals surface area contributed by atoms with Crippen LogP contribution < -0.4 is 4.90 Å². The van der Waals surface area contributed by atoms with Gasteiger partial charge in [0.2, 0.25) is 0 Å². The molecule has 0 radical (unpaired) electrons. The highest BCUT2D eigenvalue weighted by Crippen LogP contribution is 2.42. The largest absolute Gasteiger partial charge is 0.507 e. The number of nitrogens with zero attached hydrogens (tertiary/aromatic N) is 2. The molecule has 1 amide bonds. The minimum Gasteiger partial charge on any atom is -0.507 e. The minimum absolute atomic E-state index is 0.194. The van der Waals surface area contributed by atoms with Gasteiger partial charge in [-0.3, -0.25) is 19.5 Å². The SMILES string of the molecule is Cc1ccc(/C(O)=C2\C(=O)C(=O)N(c3ccc(F)cc3F)C2c2cccnc2)cc1. The average Bonchev–Trinajstić information content (AvgIpc) is 3.00. The number of carbonyl (C=O) groups is 2. The van der Waals surface area contributed by atoms with Gasteiger partial charge in [-0.15, -0.1) is 0 Å². The number of aliphatic hydroxyl groups excluding tert-OH is 1. The fraction of sp³-hybridized carbons (Fsp3) is 0.0870. The number of aromatic nitrogens is 1. The number of carbonyl (C=O) groups excluding carboxylic acids is 2. The summed E-state index contributed by atoms with van der Waals surface area (Å²) in [5, 5.41) is 10.9. The zero-order valence-electron chi connectivity index (χ0n) is 15.8. The molecule has 1 atom stereocenters. The molecule has 1 aliphatic rings. The Bertz CT molecular complexity index is 1170. The van der Waals surface area contributed by atoms with E-state index in [0.717, 1.165) is 22.6 Å². The maximum Gasteiger partial charge on any atom is 0.300 e. The van der Waals surface area contributed by atoms with Gasteiger partial charge in [0, 0.05) is 24.0 Å². The van der Waals surface area contributed by atoms with Crippen molar-refractivity contribution in [1.82, 2.24) is 4.98 Å². The summed E-state index contributed by atoms with van der Waals surface area (Å²) in [6.07, 6.45) is 2.93. The monoisotopic (exact) mass is 406 g/mol. The number of aliphatic hydroxyl groups is 1. The summed E-state index contributed by atoms with van der Waals surface area (Å²) in [6.45, 7) is 1.87. The van der Waals surface area contributed by atoms with Crippen LogP contribution in [0, 0.1) is 18.6 Å². The normalized spacial score (nSPS) is 18.1. The number of Topliss-reactive ketones (excluding diaryl/α,β-unsaturated/α-hetero) is 1. The molecule has 0 aliphatic carbocycles. The lowest BCUT2D eigenvalue weighted by atomic mass is 9.96. The van der Waals surface area contributed by atoms with E-state index < -0.39 is 29.4 Å². The van der Waals surface area contributed by atoms with Gasteiger partial charge < -0.3 is 5.11 Å². The number of hydrogen-bond donors (Lipinski definition) is 1. The van der Waals surface area contributed by atoms with Gasteiger partial charge >= 0.3 is 0 Å². The summed E-state index contributed by atoms with van der Waals surface area (Å²) in [4.78, 5) is 30.7. The second-order valence-electron chi connectivity index (χ2n) is 6.92. The van der Waals surface area contributed by atoms with Crippen LogP contribution in [0.25, 0.3) is 5.76 Å². The number of benzene rings is 2. The molecule has 150 valence electrons. The number of anilines is 1. The van der Waals surface area contributed by atoms with Crippen LogP contribution in [-0.2, 0) is 9.59 Å². The van der Waals surface area contributed by atoms with Gasteiger partial charge in [0.25, 0.3) is 11.7 Å². The molecule has 2 heterocycles. The van der Waals surface area contributed by atoms with E-state index in [1.807, 2.05) is 6.92 Å². The Morgan fingerprint density at radius 2 is 1.80 bits per heavy atom. The molecule has 1 unspecified atom stereocenters. The maximum atomic E-state index is 14.5. The predicted molar refractivity (Wildman–Crippen MR) is 107 cm³/mol. The quantitative estimate of drug-likeness (QED) is 0.400. The second kappa shape index (κ2) is 7.51. The van der Waals surface area contributed by atoms with Gasteiger partial charge in [0.1, 0.15) is 17.4 Å². The van der Waals surface area contributed by atoms with Gasteiger partial charge in [-0.2, -0.15) is 0 Å². The van der Waals surface area contributed by atoms with Gasteiger partial charge in [0.05, 0.1) is 17.3 Å². The van der Waals surface area contributed by atoms with Crippen molar-refractivity contribution in [3.63, 3.8) is 0 Å². The molecule has 1 N–H and O–H groups in total. The number of hydrogen-bond acceptors (Lipinski definition) is 4. The Labute approximate surface area is 170 Å². The molecule has 4 rings (SSSR count). The van der Waals surface area contributed by atoms with Crippen LogP contribution in [0.5, 0.6) is 0 Å². The van der Waals surface area contributed by atoms with Crippen molar-refractivity contribution in [2.24, 2.45) is 0 Å². The molecule has 0 bridgehead atoms. The van der Waals surface area contributed by atoms with Gasteiger partial charge in [-0.25, -0.2) is 8.78 Å². The number of rotatable bonds is 3. The number of aryl methyl sites for hydroxylation is 1. The minimum atomic E-state index is -1.13. The molecule has 7 heteroatoms. The van der Waals surface area contributed by atoms with Crippen molar-refractivity contribution < 1.29 is 23.5 Å². The standard InChI is InChI=1S/C23H16F2N2O3/c1-13-4-6-14(7-5-13)21(28)19-20(15-3-2-10-26-12-15)27(23(30)22(19)29)18-9-8-16(24)11-17(18)25/h2-12,20,28H,1H3/b21-19+. The Hall–Kier alpha value is -3.87. The fourth-order valence-corrected chi connectivity index (χ4v) is 3.48. The van der Waals surface area contributed by atoms with E-state index >= 15 is 0 Å². The van der Waals surface area contributed by atoms with E-state index in [1.165, 1.54) is 12.4 Å². The van der Waals surface area contributed by atoms with E-state index in [4.69, 9.17) is 0 Å². The highest BCUT2D eigenvalue weighted by atomic mass is 19.1. The van der Waals surface area contributed by atoms with Crippen molar-refractivity contribution in [2.75, 3.05) is 4.90 Å². The molecule has 1 saturated heterocycles. The van der Waals surface area contributed by atoms with E-state index in [9.17, 15) is 23.5 Å². The Kier molecular flexibility index (Phi) is 4.87. The molecule has 1 fully saturated rings. The highest BCUT2D eigenvalue weighted by Gasteiger charge is 2.47. The molecule has 30 heavy (non-hydrogen) atoms. The molecule has 2 aromatic carbocycles. The lowest BCUT2D eigenvalue weighted by Gasteiger charge is -2.25. The van der Waals surface area contributed by atoms with Crippen molar-refractivity contribution >= 4 is 23.1 Å². The van der Waals surface area contributed by atoms with Crippen LogP contribution in [-0.4, -0.2) is 21.8 Å². The third-order valence-electron chi connectivity index (χ3n) is 4.94. The lowest BCUT2D eigenvalue weighted by molar-refractivity contribution is -0.132. The first kappa shape index (κ1) is 19.4. The summed E-state index contributed by atoms with van der Waals surface area (Å²) < 4.78 is 28.0. The van der Waals surface area contributed by atoms with E-state index in [1.54, 1.807) is 36.4 Å². The number of ketones is 1. The Balaban J connectivity index is 1.96. The molecule has 1 aromatic heterocycles. The number of pyridine rings is 1. The average molecular weight is 406 g/mol. The van der Waals surface area contributed by atoms with Crippen LogP contribution >= 0.6 is 0 Å². The third-order valence-corrected chi connectivity index (χ3v) is 4.94. The van der Waals surface area contributed by atoms with E-state index in [2.05, 4.69) is 4.98 Å². The number of halogens is 2. The van der Waals surface area contributed by atoms with Crippen LogP contribution in [0.1, 0.15) is 22.7 Å². The molecule has 0 saturated carbocycles. The van der Waals surface area contributed by atoms with Gasteiger partial charge in [-0.1, -0.05) is 35.9 Å². The van der Waals surface area contributed by atoms with Crippen molar-refractivity contribution in [3.8, 4) is 0 Å². The lowest BCUT2D eigenvalue weighted by Crippen LogP contribution is -2.30. The highest BCUT2D eigenvalue weighted by molar-refractivity contribution is 6.51.